The molecule has 2 N–H and O–H groups in total. The molecule has 1 aliphatic heterocycles. The van der Waals surface area contributed by atoms with Crippen molar-refractivity contribution in [1.82, 2.24) is 0 Å². The van der Waals surface area contributed by atoms with Crippen LogP contribution in [0.5, 0.6) is 0 Å². The zero-order chi connectivity index (χ0) is 8.10. The molecule has 0 aromatic rings. The predicted octanol–water partition coefficient (Wildman–Crippen LogP) is 0.796. The molecule has 1 heterocycles. The van der Waals surface area contributed by atoms with E-state index in [1.807, 2.05) is 6.07 Å². The Balaban J connectivity index is 2.20. The minimum Gasteiger partial charge on any atom is -0.378 e. The summed E-state index contributed by atoms with van der Waals surface area (Å²) < 4.78 is 5.42. The lowest BCUT2D eigenvalue weighted by Crippen LogP contribution is -2.28. The highest BCUT2D eigenvalue weighted by Crippen LogP contribution is 2.16. The number of rotatable bonds is 2. The fraction of sp³-hybridized carbons (Fsp3) is 0.875. The molecule has 1 saturated heterocycles. The largest absolute Gasteiger partial charge is 0.378 e. The Hall–Kier alpha value is -0.590. The fourth-order valence-corrected chi connectivity index (χ4v) is 1.33. The van der Waals surface area contributed by atoms with Crippen molar-refractivity contribution in [2.75, 3.05) is 6.61 Å². The summed E-state index contributed by atoms with van der Waals surface area (Å²) in [6.07, 6.45) is 4.35. The van der Waals surface area contributed by atoms with Gasteiger partial charge in [-0.3, -0.25) is 0 Å². The molecule has 1 rings (SSSR count). The molecule has 0 amide bonds. The second kappa shape index (κ2) is 4.32. The third-order valence-electron chi connectivity index (χ3n) is 1.96. The molecule has 0 spiro atoms. The molecule has 1 fully saturated rings. The lowest BCUT2D eigenvalue weighted by molar-refractivity contribution is 0.00997. The average Bonchev–Trinajstić information content (AvgIpc) is 2.06. The maximum Gasteiger partial charge on any atom is 0.0952 e. The predicted molar refractivity (Wildman–Crippen MR) is 41.8 cm³/mol. The molecule has 0 radical (unpaired) electrons. The van der Waals surface area contributed by atoms with Crippen LogP contribution in [0.15, 0.2) is 0 Å². The third kappa shape index (κ3) is 2.87. The van der Waals surface area contributed by atoms with Gasteiger partial charge in [-0.2, -0.15) is 5.26 Å². The van der Waals surface area contributed by atoms with Crippen LogP contribution in [0.3, 0.4) is 0 Å². The van der Waals surface area contributed by atoms with Crippen molar-refractivity contribution in [1.29, 1.82) is 5.26 Å². The van der Waals surface area contributed by atoms with Gasteiger partial charge in [0.05, 0.1) is 18.2 Å². The van der Waals surface area contributed by atoms with Crippen LogP contribution in [0, 0.1) is 11.3 Å². The average molecular weight is 154 g/mol. The summed E-state index contributed by atoms with van der Waals surface area (Å²) in [4.78, 5) is 0. The van der Waals surface area contributed by atoms with Crippen molar-refractivity contribution in [3.8, 4) is 6.07 Å². The molecule has 62 valence electrons. The molecular formula is C8H14N2O. The summed E-state index contributed by atoms with van der Waals surface area (Å²) >= 11 is 0. The van der Waals surface area contributed by atoms with Gasteiger partial charge in [-0.1, -0.05) is 0 Å². The first-order valence-electron chi connectivity index (χ1n) is 4.09. The summed E-state index contributed by atoms with van der Waals surface area (Å²) in [6.45, 7) is 0.836. The molecule has 3 heteroatoms. The SMILES string of the molecule is N#C[C@@H](N)C[C@H]1CCCCO1. The quantitative estimate of drug-likeness (QED) is 0.640. The van der Waals surface area contributed by atoms with E-state index in [4.69, 9.17) is 15.7 Å². The maximum absolute atomic E-state index is 8.43. The van der Waals surface area contributed by atoms with Crippen molar-refractivity contribution in [3.05, 3.63) is 0 Å². The fourth-order valence-electron chi connectivity index (χ4n) is 1.33. The molecule has 0 unspecified atom stereocenters. The standard InChI is InChI=1S/C8H14N2O/c9-6-7(10)5-8-3-1-2-4-11-8/h7-8H,1-5,10H2/t7-,8+/m0/s1. The van der Waals surface area contributed by atoms with Crippen LogP contribution in [-0.2, 0) is 4.74 Å². The van der Waals surface area contributed by atoms with Gasteiger partial charge in [-0.25, -0.2) is 0 Å². The molecule has 2 atom stereocenters. The first-order valence-corrected chi connectivity index (χ1v) is 4.09. The molecule has 0 aromatic heterocycles. The highest BCUT2D eigenvalue weighted by Gasteiger charge is 2.16. The summed E-state index contributed by atoms with van der Waals surface area (Å²) in [6, 6.07) is 1.66. The minimum absolute atomic E-state index is 0.235. The van der Waals surface area contributed by atoms with E-state index < -0.39 is 0 Å². The van der Waals surface area contributed by atoms with E-state index in [0.717, 1.165) is 19.4 Å². The van der Waals surface area contributed by atoms with E-state index in [1.54, 1.807) is 0 Å². The van der Waals surface area contributed by atoms with Crippen LogP contribution in [0.4, 0.5) is 0 Å². The highest BCUT2D eigenvalue weighted by atomic mass is 16.5. The molecule has 11 heavy (non-hydrogen) atoms. The third-order valence-corrected chi connectivity index (χ3v) is 1.96. The van der Waals surface area contributed by atoms with Crippen LogP contribution in [0.25, 0.3) is 0 Å². The maximum atomic E-state index is 8.43. The number of hydrogen-bond acceptors (Lipinski definition) is 3. The second-order valence-corrected chi connectivity index (χ2v) is 2.96. The Morgan fingerprint density at radius 2 is 2.45 bits per heavy atom. The van der Waals surface area contributed by atoms with E-state index in [1.165, 1.54) is 6.42 Å². The van der Waals surface area contributed by atoms with E-state index >= 15 is 0 Å². The van der Waals surface area contributed by atoms with E-state index in [0.29, 0.717) is 6.42 Å². The summed E-state index contributed by atoms with van der Waals surface area (Å²) in [5.74, 6) is 0. The molecule has 0 aromatic carbocycles. The zero-order valence-corrected chi connectivity index (χ0v) is 6.62. The normalized spacial score (nSPS) is 27.5. The summed E-state index contributed by atoms with van der Waals surface area (Å²) in [5, 5.41) is 8.43. The van der Waals surface area contributed by atoms with Crippen LogP contribution in [0.2, 0.25) is 0 Å². The van der Waals surface area contributed by atoms with Gasteiger partial charge < -0.3 is 10.5 Å². The van der Waals surface area contributed by atoms with Gasteiger partial charge in [0.25, 0.3) is 0 Å². The van der Waals surface area contributed by atoms with Crippen LogP contribution in [0.1, 0.15) is 25.7 Å². The van der Waals surface area contributed by atoms with Gasteiger partial charge in [0.15, 0.2) is 0 Å². The second-order valence-electron chi connectivity index (χ2n) is 2.96. The van der Waals surface area contributed by atoms with Crippen molar-refractivity contribution < 1.29 is 4.74 Å². The van der Waals surface area contributed by atoms with E-state index in [9.17, 15) is 0 Å². The minimum atomic E-state index is -0.349. The summed E-state index contributed by atoms with van der Waals surface area (Å²) in [7, 11) is 0. The highest BCUT2D eigenvalue weighted by molar-refractivity contribution is 4.88. The first-order chi connectivity index (χ1) is 5.33. The van der Waals surface area contributed by atoms with Gasteiger partial charge in [-0.05, 0) is 19.3 Å². The van der Waals surface area contributed by atoms with Gasteiger partial charge in [0, 0.05) is 13.0 Å². The van der Waals surface area contributed by atoms with Crippen molar-refractivity contribution >= 4 is 0 Å². The van der Waals surface area contributed by atoms with Crippen LogP contribution in [-0.4, -0.2) is 18.8 Å². The Labute approximate surface area is 67.1 Å². The Kier molecular flexibility index (Phi) is 3.34. The van der Waals surface area contributed by atoms with Gasteiger partial charge >= 0.3 is 0 Å². The van der Waals surface area contributed by atoms with Crippen molar-refractivity contribution in [3.63, 3.8) is 0 Å². The molecule has 0 aliphatic carbocycles. The monoisotopic (exact) mass is 154 g/mol. The Morgan fingerprint density at radius 3 is 3.00 bits per heavy atom. The van der Waals surface area contributed by atoms with Crippen molar-refractivity contribution in [2.45, 2.75) is 37.8 Å². The van der Waals surface area contributed by atoms with Gasteiger partial charge in [-0.15, -0.1) is 0 Å². The van der Waals surface area contributed by atoms with Crippen molar-refractivity contribution in [2.24, 2.45) is 5.73 Å². The van der Waals surface area contributed by atoms with Gasteiger partial charge in [0.1, 0.15) is 0 Å². The molecule has 3 nitrogen and oxygen atoms in total. The first kappa shape index (κ1) is 8.51. The lowest BCUT2D eigenvalue weighted by Gasteiger charge is -2.22. The zero-order valence-electron chi connectivity index (χ0n) is 6.62. The molecular weight excluding hydrogens is 140 g/mol. The smallest absolute Gasteiger partial charge is 0.0952 e. The van der Waals surface area contributed by atoms with Gasteiger partial charge in [0.2, 0.25) is 0 Å². The Bertz CT molecular complexity index is 147. The van der Waals surface area contributed by atoms with E-state index in [-0.39, 0.29) is 12.1 Å². The lowest BCUT2D eigenvalue weighted by atomic mass is 10.0. The number of ether oxygens (including phenoxy) is 1. The number of nitriles is 1. The number of nitrogens with zero attached hydrogens (tertiary/aromatic N) is 1. The van der Waals surface area contributed by atoms with Crippen LogP contribution >= 0.6 is 0 Å². The number of hydrogen-bond donors (Lipinski definition) is 1. The number of nitrogens with two attached hydrogens (primary N) is 1. The van der Waals surface area contributed by atoms with E-state index in [2.05, 4.69) is 0 Å². The molecule has 0 saturated carbocycles. The van der Waals surface area contributed by atoms with Crippen LogP contribution < -0.4 is 5.73 Å². The molecule has 0 bridgehead atoms. The summed E-state index contributed by atoms with van der Waals surface area (Å²) in [5.41, 5.74) is 5.46. The Morgan fingerprint density at radius 1 is 1.64 bits per heavy atom. The molecule has 1 aliphatic rings. The topological polar surface area (TPSA) is 59.0 Å².